The van der Waals surface area contributed by atoms with Gasteiger partial charge in [0.05, 0.1) is 12.2 Å². The van der Waals surface area contributed by atoms with Crippen LogP contribution in [0.3, 0.4) is 0 Å². The number of hydrogen-bond donors (Lipinski definition) is 1. The first kappa shape index (κ1) is 23.7. The smallest absolute Gasteiger partial charge is 0.261 e. The summed E-state index contributed by atoms with van der Waals surface area (Å²) in [4.78, 5) is 0. The number of ether oxygens (including phenoxy) is 1. The molecule has 0 aromatic heterocycles. The van der Waals surface area contributed by atoms with E-state index in [9.17, 15) is 5.11 Å². The highest BCUT2D eigenvalue weighted by atomic mass is 28.4. The minimum Gasteiger partial charge on any atom is -0.407 e. The maximum absolute atomic E-state index is 10.7. The van der Waals surface area contributed by atoms with Crippen LogP contribution in [0.15, 0.2) is 60.7 Å². The summed E-state index contributed by atoms with van der Waals surface area (Å²) in [5.41, 5.74) is -0.191. The predicted molar refractivity (Wildman–Crippen MR) is 134 cm³/mol. The van der Waals surface area contributed by atoms with Crippen LogP contribution in [0.1, 0.15) is 72.1 Å². The largest absolute Gasteiger partial charge is 0.407 e. The van der Waals surface area contributed by atoms with Gasteiger partial charge in [0, 0.05) is 6.61 Å². The molecule has 174 valence electrons. The van der Waals surface area contributed by atoms with Crippen LogP contribution in [-0.2, 0) is 9.16 Å². The van der Waals surface area contributed by atoms with Crippen molar-refractivity contribution in [3.8, 4) is 0 Å². The first-order valence-corrected chi connectivity index (χ1v) is 14.4. The molecule has 2 aliphatic rings. The first-order valence-electron chi connectivity index (χ1n) is 12.5. The number of rotatable bonds is 10. The summed E-state index contributed by atoms with van der Waals surface area (Å²) in [5.74, 6) is 0. The summed E-state index contributed by atoms with van der Waals surface area (Å²) in [6, 6.07) is 21.7. The van der Waals surface area contributed by atoms with Gasteiger partial charge in [-0.3, -0.25) is 0 Å². The standard InChI is InChI=1S/C28H40O3Si/c1-27(2,3)32(23-15-7-4-8-16-23,24-17-9-5-10-18-24)30-22-14-6-11-19-25(29)28-21-13-12-20-26(28)31-28/h4-5,7-10,15-18,25-26,29H,6,11-14,19-22H2,1-3H3/t25-,26?,28+/m1/s1. The zero-order valence-electron chi connectivity index (χ0n) is 20.1. The van der Waals surface area contributed by atoms with Gasteiger partial charge in [0.1, 0.15) is 5.60 Å². The highest BCUT2D eigenvalue weighted by Gasteiger charge is 2.61. The summed E-state index contributed by atoms with van der Waals surface area (Å²) in [5, 5.41) is 13.4. The van der Waals surface area contributed by atoms with E-state index >= 15 is 0 Å². The van der Waals surface area contributed by atoms with Gasteiger partial charge in [-0.2, -0.15) is 0 Å². The first-order chi connectivity index (χ1) is 15.4. The van der Waals surface area contributed by atoms with Gasteiger partial charge in [0.25, 0.3) is 8.32 Å². The van der Waals surface area contributed by atoms with Crippen LogP contribution >= 0.6 is 0 Å². The van der Waals surface area contributed by atoms with E-state index in [0.29, 0.717) is 6.10 Å². The quantitative estimate of drug-likeness (QED) is 0.306. The molecular formula is C28H40O3Si. The fourth-order valence-corrected chi connectivity index (χ4v) is 10.4. The Hall–Kier alpha value is -1.46. The Balaban J connectivity index is 1.37. The van der Waals surface area contributed by atoms with Gasteiger partial charge in [-0.05, 0) is 41.1 Å². The molecule has 0 bridgehead atoms. The lowest BCUT2D eigenvalue weighted by Gasteiger charge is -2.43. The molecular weight excluding hydrogens is 412 g/mol. The molecule has 2 fully saturated rings. The summed E-state index contributed by atoms with van der Waals surface area (Å²) in [7, 11) is -2.43. The average Bonchev–Trinajstić information content (AvgIpc) is 3.55. The van der Waals surface area contributed by atoms with Crippen LogP contribution in [0.4, 0.5) is 0 Å². The normalized spacial score (nSPS) is 24.1. The third-order valence-corrected chi connectivity index (χ3v) is 12.6. The SMILES string of the molecule is CC(C)(C)[Si](OCCCCC[C@@H](O)[C@@]12CCCCC1O2)(c1ccccc1)c1ccccc1. The van der Waals surface area contributed by atoms with E-state index in [2.05, 4.69) is 81.4 Å². The minimum absolute atomic E-state index is 0.0182. The third kappa shape index (κ3) is 4.61. The number of aliphatic hydroxyl groups is 1. The van der Waals surface area contributed by atoms with Crippen LogP contribution in [0.2, 0.25) is 5.04 Å². The Morgan fingerprint density at radius 3 is 2.16 bits per heavy atom. The van der Waals surface area contributed by atoms with Gasteiger partial charge in [-0.15, -0.1) is 0 Å². The fourth-order valence-electron chi connectivity index (χ4n) is 5.79. The number of unbranched alkanes of at least 4 members (excludes halogenated alkanes) is 2. The van der Waals surface area contributed by atoms with E-state index in [0.717, 1.165) is 45.1 Å². The molecule has 1 N–H and O–H groups in total. The predicted octanol–water partition coefficient (Wildman–Crippen LogP) is 5.20. The van der Waals surface area contributed by atoms with Gasteiger partial charge in [-0.1, -0.05) is 107 Å². The van der Waals surface area contributed by atoms with E-state index in [-0.39, 0.29) is 16.7 Å². The maximum atomic E-state index is 10.7. The number of aliphatic hydroxyl groups excluding tert-OH is 1. The topological polar surface area (TPSA) is 42.0 Å². The molecule has 0 spiro atoms. The molecule has 32 heavy (non-hydrogen) atoms. The van der Waals surface area contributed by atoms with Crippen molar-refractivity contribution in [3.05, 3.63) is 60.7 Å². The van der Waals surface area contributed by atoms with Crippen molar-refractivity contribution in [2.45, 2.75) is 95.0 Å². The second-order valence-electron chi connectivity index (χ2n) is 10.7. The second-order valence-corrected chi connectivity index (χ2v) is 15.0. The molecule has 1 unspecified atom stereocenters. The molecule has 1 aliphatic carbocycles. The molecule has 1 aliphatic heterocycles. The summed E-state index contributed by atoms with van der Waals surface area (Å²) >= 11 is 0. The number of epoxide rings is 1. The molecule has 0 radical (unpaired) electrons. The molecule has 1 heterocycles. The molecule has 3 nitrogen and oxygen atoms in total. The Bertz CT molecular complexity index is 808. The number of benzene rings is 2. The van der Waals surface area contributed by atoms with Crippen LogP contribution in [0, 0.1) is 0 Å². The molecule has 2 aromatic carbocycles. The van der Waals surface area contributed by atoms with Gasteiger partial charge < -0.3 is 14.3 Å². The molecule has 4 rings (SSSR count). The second kappa shape index (κ2) is 9.80. The zero-order valence-corrected chi connectivity index (χ0v) is 21.1. The van der Waals surface area contributed by atoms with Crippen molar-refractivity contribution < 1.29 is 14.3 Å². The molecule has 1 saturated heterocycles. The van der Waals surface area contributed by atoms with E-state index in [1.165, 1.54) is 23.2 Å². The van der Waals surface area contributed by atoms with Gasteiger partial charge >= 0.3 is 0 Å². The highest BCUT2D eigenvalue weighted by molar-refractivity contribution is 6.99. The minimum atomic E-state index is -2.43. The highest BCUT2D eigenvalue weighted by Crippen LogP contribution is 2.51. The van der Waals surface area contributed by atoms with Crippen LogP contribution < -0.4 is 10.4 Å². The molecule has 0 amide bonds. The summed E-state index contributed by atoms with van der Waals surface area (Å²) < 4.78 is 12.9. The lowest BCUT2D eigenvalue weighted by atomic mass is 9.83. The molecule has 2 aromatic rings. The molecule has 4 heteroatoms. The van der Waals surface area contributed by atoms with E-state index in [4.69, 9.17) is 9.16 Å². The maximum Gasteiger partial charge on any atom is 0.261 e. The van der Waals surface area contributed by atoms with Crippen molar-refractivity contribution in [2.24, 2.45) is 0 Å². The Labute approximate surface area is 195 Å². The van der Waals surface area contributed by atoms with Gasteiger partial charge in [0.2, 0.25) is 0 Å². The monoisotopic (exact) mass is 452 g/mol. The van der Waals surface area contributed by atoms with Gasteiger partial charge in [-0.25, -0.2) is 0 Å². The van der Waals surface area contributed by atoms with Crippen molar-refractivity contribution in [1.82, 2.24) is 0 Å². The summed E-state index contributed by atoms with van der Waals surface area (Å²) in [6.07, 6.45) is 8.61. The van der Waals surface area contributed by atoms with Crippen LogP contribution in [0.25, 0.3) is 0 Å². The number of fused-ring (bicyclic) bond motifs is 1. The third-order valence-electron chi connectivity index (χ3n) is 7.55. The Kier molecular flexibility index (Phi) is 7.26. The zero-order chi connectivity index (χ0) is 22.7. The van der Waals surface area contributed by atoms with Gasteiger partial charge in [0.15, 0.2) is 0 Å². The Morgan fingerprint density at radius 2 is 1.59 bits per heavy atom. The number of hydrogen-bond acceptors (Lipinski definition) is 3. The summed E-state index contributed by atoms with van der Waals surface area (Å²) in [6.45, 7) is 7.73. The average molecular weight is 453 g/mol. The fraction of sp³-hybridized carbons (Fsp3) is 0.571. The van der Waals surface area contributed by atoms with Crippen molar-refractivity contribution in [1.29, 1.82) is 0 Å². The van der Waals surface area contributed by atoms with Crippen molar-refractivity contribution in [3.63, 3.8) is 0 Å². The van der Waals surface area contributed by atoms with E-state index < -0.39 is 8.32 Å². The van der Waals surface area contributed by atoms with Crippen molar-refractivity contribution >= 4 is 18.7 Å². The lowest BCUT2D eigenvalue weighted by Crippen LogP contribution is -2.66. The molecule has 3 atom stereocenters. The molecule has 1 saturated carbocycles. The Morgan fingerprint density at radius 1 is 0.969 bits per heavy atom. The van der Waals surface area contributed by atoms with E-state index in [1.807, 2.05) is 0 Å². The lowest BCUT2D eigenvalue weighted by molar-refractivity contribution is 0.0581. The van der Waals surface area contributed by atoms with Crippen molar-refractivity contribution in [2.75, 3.05) is 6.61 Å². The van der Waals surface area contributed by atoms with Crippen LogP contribution in [0.5, 0.6) is 0 Å². The van der Waals surface area contributed by atoms with Crippen LogP contribution in [-0.4, -0.2) is 37.8 Å². The van der Waals surface area contributed by atoms with E-state index in [1.54, 1.807) is 0 Å².